The normalized spacial score (nSPS) is 36.1. The number of amides is 1. The molecule has 3 aliphatic rings. The summed E-state index contributed by atoms with van der Waals surface area (Å²) in [5.74, 6) is 2.11. The predicted molar refractivity (Wildman–Crippen MR) is 79.7 cm³/mol. The summed E-state index contributed by atoms with van der Waals surface area (Å²) in [6.07, 6.45) is 10.1. The highest BCUT2D eigenvalue weighted by molar-refractivity contribution is 7.80. The minimum absolute atomic E-state index is 0.210. The number of fused-ring (bicyclic) bond motifs is 1. The van der Waals surface area contributed by atoms with Crippen molar-refractivity contribution in [2.75, 3.05) is 0 Å². The van der Waals surface area contributed by atoms with Crippen molar-refractivity contribution in [2.45, 2.75) is 63.3 Å². The molecule has 0 radical (unpaired) electrons. The van der Waals surface area contributed by atoms with Crippen LogP contribution in [0.1, 0.15) is 57.8 Å². The molecule has 3 nitrogen and oxygen atoms in total. The standard InChI is InChI=1S/C15H24N2OS/c16-14(19)15(5-3-1-2-4-6-15)17-13(18)12-8-10-7-11(10)9-12/h10-12H,1-9H2,(H2,16,19)(H,17,18). The molecule has 19 heavy (non-hydrogen) atoms. The van der Waals surface area contributed by atoms with E-state index in [1.807, 2.05) is 0 Å². The lowest BCUT2D eigenvalue weighted by molar-refractivity contribution is -0.126. The topological polar surface area (TPSA) is 55.1 Å². The van der Waals surface area contributed by atoms with Gasteiger partial charge in [0.05, 0.1) is 10.5 Å². The first-order chi connectivity index (χ1) is 9.11. The number of rotatable bonds is 3. The van der Waals surface area contributed by atoms with Crippen LogP contribution in [-0.2, 0) is 4.79 Å². The van der Waals surface area contributed by atoms with Gasteiger partial charge in [0.25, 0.3) is 0 Å². The summed E-state index contributed by atoms with van der Waals surface area (Å²) in [5.41, 5.74) is 5.58. The Balaban J connectivity index is 1.66. The van der Waals surface area contributed by atoms with Crippen molar-refractivity contribution in [1.82, 2.24) is 5.32 Å². The first-order valence-corrected chi connectivity index (χ1v) is 8.13. The SMILES string of the molecule is NC(=S)C1(NC(=O)C2CC3CC3C2)CCCCCC1. The molecule has 0 saturated heterocycles. The van der Waals surface area contributed by atoms with E-state index < -0.39 is 5.54 Å². The maximum Gasteiger partial charge on any atom is 0.223 e. The molecule has 0 spiro atoms. The van der Waals surface area contributed by atoms with Gasteiger partial charge in [0.15, 0.2) is 0 Å². The van der Waals surface area contributed by atoms with Crippen LogP contribution in [0.5, 0.6) is 0 Å². The first kappa shape index (κ1) is 13.3. The van der Waals surface area contributed by atoms with E-state index in [9.17, 15) is 4.79 Å². The molecule has 4 heteroatoms. The van der Waals surface area contributed by atoms with Gasteiger partial charge in [-0.15, -0.1) is 0 Å². The minimum Gasteiger partial charge on any atom is -0.391 e. The van der Waals surface area contributed by atoms with Gasteiger partial charge in [0.2, 0.25) is 5.91 Å². The third kappa shape index (κ3) is 2.64. The molecular weight excluding hydrogens is 256 g/mol. The Kier molecular flexibility index (Phi) is 3.54. The van der Waals surface area contributed by atoms with Crippen LogP contribution < -0.4 is 11.1 Å². The van der Waals surface area contributed by atoms with E-state index in [-0.39, 0.29) is 11.8 Å². The number of carbonyl (C=O) groups is 1. The average molecular weight is 280 g/mol. The Bertz CT molecular complexity index is 378. The molecule has 0 aromatic carbocycles. The lowest BCUT2D eigenvalue weighted by Crippen LogP contribution is -2.57. The molecule has 0 aliphatic heterocycles. The Morgan fingerprint density at radius 1 is 1.05 bits per heavy atom. The summed E-state index contributed by atoms with van der Waals surface area (Å²) in [7, 11) is 0. The lowest BCUT2D eigenvalue weighted by atomic mass is 9.88. The fraction of sp³-hybridized carbons (Fsp3) is 0.867. The zero-order chi connectivity index (χ0) is 13.5. The molecule has 2 unspecified atom stereocenters. The fourth-order valence-electron chi connectivity index (χ4n) is 4.03. The lowest BCUT2D eigenvalue weighted by Gasteiger charge is -2.34. The number of hydrogen-bond acceptors (Lipinski definition) is 2. The third-order valence-corrected chi connectivity index (χ3v) is 5.80. The van der Waals surface area contributed by atoms with Gasteiger partial charge < -0.3 is 11.1 Å². The predicted octanol–water partition coefficient (Wildman–Crippen LogP) is 2.53. The highest BCUT2D eigenvalue weighted by atomic mass is 32.1. The van der Waals surface area contributed by atoms with Crippen molar-refractivity contribution < 1.29 is 4.79 Å². The highest BCUT2D eigenvalue weighted by Gasteiger charge is 2.49. The van der Waals surface area contributed by atoms with Crippen molar-refractivity contribution in [3.63, 3.8) is 0 Å². The smallest absolute Gasteiger partial charge is 0.223 e. The van der Waals surface area contributed by atoms with Gasteiger partial charge in [0, 0.05) is 5.92 Å². The second kappa shape index (κ2) is 5.04. The van der Waals surface area contributed by atoms with Crippen LogP contribution in [0.2, 0.25) is 0 Å². The maximum absolute atomic E-state index is 12.5. The van der Waals surface area contributed by atoms with Gasteiger partial charge in [-0.1, -0.05) is 37.9 Å². The molecule has 0 bridgehead atoms. The Morgan fingerprint density at radius 3 is 2.16 bits per heavy atom. The van der Waals surface area contributed by atoms with E-state index >= 15 is 0 Å². The number of nitrogens with one attached hydrogen (secondary N) is 1. The molecule has 3 saturated carbocycles. The van der Waals surface area contributed by atoms with Crippen LogP contribution in [0, 0.1) is 17.8 Å². The number of thiocarbonyl (C=S) groups is 1. The van der Waals surface area contributed by atoms with Crippen LogP contribution in [-0.4, -0.2) is 16.4 Å². The number of hydrogen-bond donors (Lipinski definition) is 2. The van der Waals surface area contributed by atoms with Gasteiger partial charge in [-0.2, -0.15) is 0 Å². The molecule has 0 heterocycles. The molecule has 0 aromatic rings. The largest absolute Gasteiger partial charge is 0.391 e. The highest BCUT2D eigenvalue weighted by Crippen LogP contribution is 2.54. The summed E-state index contributed by atoms with van der Waals surface area (Å²) in [6, 6.07) is 0. The van der Waals surface area contributed by atoms with E-state index in [4.69, 9.17) is 18.0 Å². The summed E-state index contributed by atoms with van der Waals surface area (Å²) in [4.78, 5) is 13.0. The zero-order valence-electron chi connectivity index (χ0n) is 11.5. The molecule has 0 aromatic heterocycles. The Labute approximate surface area is 120 Å². The van der Waals surface area contributed by atoms with Crippen LogP contribution in [0.15, 0.2) is 0 Å². The first-order valence-electron chi connectivity index (χ1n) is 7.73. The van der Waals surface area contributed by atoms with E-state index in [2.05, 4.69) is 5.32 Å². The number of nitrogens with two attached hydrogens (primary N) is 1. The van der Waals surface area contributed by atoms with E-state index in [1.54, 1.807) is 0 Å². The van der Waals surface area contributed by atoms with Crippen LogP contribution in [0.4, 0.5) is 0 Å². The Hall–Kier alpha value is -0.640. The van der Waals surface area contributed by atoms with Crippen molar-refractivity contribution in [1.29, 1.82) is 0 Å². The quantitative estimate of drug-likeness (QED) is 0.617. The molecule has 3 rings (SSSR count). The molecule has 3 N–H and O–H groups in total. The van der Waals surface area contributed by atoms with Gasteiger partial charge in [0.1, 0.15) is 0 Å². The van der Waals surface area contributed by atoms with Crippen LogP contribution >= 0.6 is 12.2 Å². The summed E-state index contributed by atoms with van der Waals surface area (Å²) < 4.78 is 0. The maximum atomic E-state index is 12.5. The molecule has 1 amide bonds. The van der Waals surface area contributed by atoms with Crippen LogP contribution in [0.25, 0.3) is 0 Å². The van der Waals surface area contributed by atoms with Gasteiger partial charge in [-0.25, -0.2) is 0 Å². The minimum atomic E-state index is -0.393. The fourth-order valence-corrected chi connectivity index (χ4v) is 4.29. The van der Waals surface area contributed by atoms with Crippen molar-refractivity contribution in [2.24, 2.45) is 23.5 Å². The van der Waals surface area contributed by atoms with Gasteiger partial charge in [-0.05, 0) is 43.9 Å². The Morgan fingerprint density at radius 2 is 1.63 bits per heavy atom. The molecular formula is C15H24N2OS. The zero-order valence-corrected chi connectivity index (χ0v) is 12.3. The van der Waals surface area contributed by atoms with E-state index in [0.29, 0.717) is 4.99 Å². The summed E-state index contributed by atoms with van der Waals surface area (Å²) in [5, 5.41) is 3.25. The van der Waals surface area contributed by atoms with Crippen molar-refractivity contribution in [3.8, 4) is 0 Å². The molecule has 3 fully saturated rings. The molecule has 2 atom stereocenters. The van der Waals surface area contributed by atoms with E-state index in [1.165, 1.54) is 19.3 Å². The average Bonchev–Trinajstić information content (AvgIpc) is 3.06. The number of carbonyl (C=O) groups excluding carboxylic acids is 1. The van der Waals surface area contributed by atoms with Crippen molar-refractivity contribution >= 4 is 23.1 Å². The van der Waals surface area contributed by atoms with Crippen LogP contribution in [0.3, 0.4) is 0 Å². The van der Waals surface area contributed by atoms with E-state index in [0.717, 1.165) is 50.4 Å². The summed E-state index contributed by atoms with van der Waals surface area (Å²) >= 11 is 5.28. The summed E-state index contributed by atoms with van der Waals surface area (Å²) in [6.45, 7) is 0. The third-order valence-electron chi connectivity index (χ3n) is 5.41. The second-order valence-corrected chi connectivity index (χ2v) is 7.21. The van der Waals surface area contributed by atoms with Gasteiger partial charge in [-0.3, -0.25) is 4.79 Å². The monoisotopic (exact) mass is 280 g/mol. The second-order valence-electron chi connectivity index (χ2n) is 6.77. The molecule has 106 valence electrons. The van der Waals surface area contributed by atoms with Gasteiger partial charge >= 0.3 is 0 Å². The molecule has 3 aliphatic carbocycles. The van der Waals surface area contributed by atoms with Crippen molar-refractivity contribution in [3.05, 3.63) is 0 Å².